The predicted octanol–water partition coefficient (Wildman–Crippen LogP) is 2.86. The number of benzene rings is 2. The van der Waals surface area contributed by atoms with Crippen LogP contribution in [-0.2, 0) is 16.1 Å². The molecule has 23 heavy (non-hydrogen) atoms. The number of methoxy groups -OCH3 is 1. The molecule has 0 spiro atoms. The Bertz CT molecular complexity index is 831. The largest absolute Gasteiger partial charge is 0.465 e. The zero-order chi connectivity index (χ0) is 16.6. The van der Waals surface area contributed by atoms with Crippen LogP contribution in [0.2, 0.25) is 5.02 Å². The molecule has 1 aliphatic heterocycles. The number of hydrogen-bond acceptors (Lipinski definition) is 4. The maximum atomic E-state index is 12.2. The third-order valence-corrected chi connectivity index (χ3v) is 3.86. The molecular weight excluding hydrogens is 318 g/mol. The van der Waals surface area contributed by atoms with Crippen molar-refractivity contribution in [2.75, 3.05) is 12.0 Å². The topological polar surface area (TPSA) is 63.7 Å². The van der Waals surface area contributed by atoms with Crippen molar-refractivity contribution < 1.29 is 19.1 Å². The monoisotopic (exact) mass is 329 g/mol. The summed E-state index contributed by atoms with van der Waals surface area (Å²) in [6, 6.07) is 11.5. The summed E-state index contributed by atoms with van der Waals surface area (Å²) in [6.07, 6.45) is 0. The summed E-state index contributed by atoms with van der Waals surface area (Å²) in [5, 5.41) is 0.402. The Kier molecular flexibility index (Phi) is 3.88. The van der Waals surface area contributed by atoms with Gasteiger partial charge in [-0.05, 0) is 35.9 Å². The molecule has 0 saturated carbocycles. The number of Topliss-reactive ketones (excluding diaryl/α,β-unsaturated/α-hetero) is 1. The lowest BCUT2D eigenvalue weighted by Crippen LogP contribution is -2.29. The van der Waals surface area contributed by atoms with Gasteiger partial charge in [-0.3, -0.25) is 9.59 Å². The SMILES string of the molecule is COC(=O)c1cccc(CN2C(=O)C(=O)c3cc(Cl)ccc32)c1. The van der Waals surface area contributed by atoms with E-state index >= 15 is 0 Å². The van der Waals surface area contributed by atoms with Crippen molar-refractivity contribution in [2.45, 2.75) is 6.54 Å². The Morgan fingerprint density at radius 3 is 2.70 bits per heavy atom. The van der Waals surface area contributed by atoms with Gasteiger partial charge in [0, 0.05) is 5.02 Å². The van der Waals surface area contributed by atoms with Crippen LogP contribution in [-0.4, -0.2) is 24.8 Å². The number of halogens is 1. The van der Waals surface area contributed by atoms with Gasteiger partial charge >= 0.3 is 5.97 Å². The molecular formula is C17H12ClNO4. The molecule has 1 aliphatic rings. The number of carbonyl (C=O) groups excluding carboxylic acids is 3. The third kappa shape index (κ3) is 2.71. The molecule has 0 radical (unpaired) electrons. The van der Waals surface area contributed by atoms with Crippen LogP contribution in [0.1, 0.15) is 26.3 Å². The average molecular weight is 330 g/mol. The first-order chi connectivity index (χ1) is 11.0. The smallest absolute Gasteiger partial charge is 0.337 e. The maximum absolute atomic E-state index is 12.2. The Labute approximate surface area is 137 Å². The van der Waals surface area contributed by atoms with E-state index in [0.29, 0.717) is 21.8 Å². The van der Waals surface area contributed by atoms with Crippen LogP contribution in [0.25, 0.3) is 0 Å². The number of hydrogen-bond donors (Lipinski definition) is 0. The number of ether oxygens (including phenoxy) is 1. The highest BCUT2D eigenvalue weighted by Crippen LogP contribution is 2.32. The Morgan fingerprint density at radius 1 is 1.17 bits per heavy atom. The molecule has 1 heterocycles. The van der Waals surface area contributed by atoms with Gasteiger partial charge in [-0.15, -0.1) is 0 Å². The summed E-state index contributed by atoms with van der Waals surface area (Å²) >= 11 is 5.88. The van der Waals surface area contributed by atoms with Crippen molar-refractivity contribution in [1.29, 1.82) is 0 Å². The van der Waals surface area contributed by atoms with Crippen molar-refractivity contribution in [3.8, 4) is 0 Å². The van der Waals surface area contributed by atoms with E-state index in [1.54, 1.807) is 36.4 Å². The lowest BCUT2D eigenvalue weighted by Gasteiger charge is -2.17. The van der Waals surface area contributed by atoms with Gasteiger partial charge in [0.1, 0.15) is 0 Å². The summed E-state index contributed by atoms with van der Waals surface area (Å²) < 4.78 is 4.68. The fourth-order valence-corrected chi connectivity index (χ4v) is 2.70. The molecule has 0 unspecified atom stereocenters. The molecule has 2 aromatic carbocycles. The number of ketones is 1. The lowest BCUT2D eigenvalue weighted by atomic mass is 10.1. The highest BCUT2D eigenvalue weighted by atomic mass is 35.5. The van der Waals surface area contributed by atoms with Crippen LogP contribution in [0.15, 0.2) is 42.5 Å². The molecule has 116 valence electrons. The number of esters is 1. The third-order valence-electron chi connectivity index (χ3n) is 3.62. The van der Waals surface area contributed by atoms with Gasteiger partial charge in [-0.1, -0.05) is 23.7 Å². The summed E-state index contributed by atoms with van der Waals surface area (Å²) in [5.41, 5.74) is 1.93. The maximum Gasteiger partial charge on any atom is 0.337 e. The van der Waals surface area contributed by atoms with E-state index in [2.05, 4.69) is 4.74 Å². The summed E-state index contributed by atoms with van der Waals surface area (Å²) in [4.78, 5) is 37.2. The molecule has 1 amide bonds. The van der Waals surface area contributed by atoms with Crippen LogP contribution in [0.5, 0.6) is 0 Å². The van der Waals surface area contributed by atoms with Crippen molar-refractivity contribution in [3.63, 3.8) is 0 Å². The van der Waals surface area contributed by atoms with E-state index in [-0.39, 0.29) is 6.54 Å². The summed E-state index contributed by atoms with van der Waals surface area (Å²) in [7, 11) is 1.30. The number of rotatable bonds is 3. The van der Waals surface area contributed by atoms with Gasteiger partial charge in [-0.25, -0.2) is 4.79 Å². The van der Waals surface area contributed by atoms with Crippen molar-refractivity contribution in [2.24, 2.45) is 0 Å². The minimum Gasteiger partial charge on any atom is -0.465 e. The Balaban J connectivity index is 1.94. The van der Waals surface area contributed by atoms with E-state index in [9.17, 15) is 14.4 Å². The van der Waals surface area contributed by atoms with Crippen molar-refractivity contribution in [1.82, 2.24) is 0 Å². The number of carbonyl (C=O) groups is 3. The fourth-order valence-electron chi connectivity index (χ4n) is 2.53. The zero-order valence-electron chi connectivity index (χ0n) is 12.2. The lowest BCUT2D eigenvalue weighted by molar-refractivity contribution is -0.114. The van der Waals surface area contributed by atoms with Crippen molar-refractivity contribution in [3.05, 3.63) is 64.2 Å². The van der Waals surface area contributed by atoms with E-state index in [0.717, 1.165) is 5.56 Å². The van der Waals surface area contributed by atoms with Crippen LogP contribution < -0.4 is 4.90 Å². The summed E-state index contributed by atoms with van der Waals surface area (Å²) in [5.74, 6) is -1.64. The van der Waals surface area contributed by atoms with Gasteiger partial charge in [0.15, 0.2) is 0 Å². The molecule has 0 N–H and O–H groups in total. The van der Waals surface area contributed by atoms with E-state index in [4.69, 9.17) is 11.6 Å². The quantitative estimate of drug-likeness (QED) is 0.641. The minimum absolute atomic E-state index is 0.185. The molecule has 0 atom stereocenters. The first-order valence-corrected chi connectivity index (χ1v) is 7.22. The fraction of sp³-hybridized carbons (Fsp3) is 0.118. The normalized spacial score (nSPS) is 13.2. The van der Waals surface area contributed by atoms with Gasteiger partial charge in [-0.2, -0.15) is 0 Å². The average Bonchev–Trinajstić information content (AvgIpc) is 2.79. The van der Waals surface area contributed by atoms with Crippen LogP contribution in [0.3, 0.4) is 0 Å². The molecule has 5 nitrogen and oxygen atoms in total. The predicted molar refractivity (Wildman–Crippen MR) is 84.8 cm³/mol. The molecule has 2 aromatic rings. The van der Waals surface area contributed by atoms with Gasteiger partial charge < -0.3 is 9.64 Å². The molecule has 0 bridgehead atoms. The van der Waals surface area contributed by atoms with Gasteiger partial charge in [0.25, 0.3) is 11.7 Å². The van der Waals surface area contributed by atoms with E-state index in [1.165, 1.54) is 18.1 Å². The molecule has 3 rings (SSSR count). The van der Waals surface area contributed by atoms with Crippen LogP contribution in [0, 0.1) is 0 Å². The summed E-state index contributed by atoms with van der Waals surface area (Å²) in [6.45, 7) is 0.185. The Hall–Kier alpha value is -2.66. The van der Waals surface area contributed by atoms with Gasteiger partial charge in [0.2, 0.25) is 0 Å². The molecule has 0 aliphatic carbocycles. The second kappa shape index (κ2) is 5.85. The Morgan fingerprint density at radius 2 is 1.96 bits per heavy atom. The number of nitrogens with zero attached hydrogens (tertiary/aromatic N) is 1. The van der Waals surface area contributed by atoms with E-state index < -0.39 is 17.7 Å². The minimum atomic E-state index is -0.606. The first-order valence-electron chi connectivity index (χ1n) is 6.84. The molecule has 6 heteroatoms. The van der Waals surface area contributed by atoms with Crippen LogP contribution >= 0.6 is 11.6 Å². The highest BCUT2D eigenvalue weighted by molar-refractivity contribution is 6.52. The molecule has 0 fully saturated rings. The second-order valence-corrected chi connectivity index (χ2v) is 5.51. The number of anilines is 1. The van der Waals surface area contributed by atoms with Crippen molar-refractivity contribution >= 4 is 34.9 Å². The standard InChI is InChI=1S/C17H12ClNO4/c1-23-17(22)11-4-2-3-10(7-11)9-19-14-6-5-12(18)8-13(14)15(20)16(19)21/h2-8H,9H2,1H3. The molecule has 0 aromatic heterocycles. The zero-order valence-corrected chi connectivity index (χ0v) is 13.0. The number of fused-ring (bicyclic) bond motifs is 1. The van der Waals surface area contributed by atoms with Gasteiger partial charge in [0.05, 0.1) is 30.5 Å². The first kappa shape index (κ1) is 15.2. The number of amides is 1. The van der Waals surface area contributed by atoms with Crippen LogP contribution in [0.4, 0.5) is 5.69 Å². The second-order valence-electron chi connectivity index (χ2n) is 5.07. The molecule has 0 saturated heterocycles. The van der Waals surface area contributed by atoms with E-state index in [1.807, 2.05) is 0 Å². The highest BCUT2D eigenvalue weighted by Gasteiger charge is 2.35.